The number of rotatable bonds is 16. The van der Waals surface area contributed by atoms with Gasteiger partial charge in [0.05, 0.1) is 0 Å². The van der Waals surface area contributed by atoms with Crippen molar-refractivity contribution in [2.75, 3.05) is 6.54 Å². The van der Waals surface area contributed by atoms with E-state index in [0.29, 0.717) is 17.0 Å². The second kappa shape index (κ2) is 17.7. The molecule has 4 atom stereocenters. The zero-order valence-electron chi connectivity index (χ0n) is 26.6. The molecule has 0 aliphatic carbocycles. The van der Waals surface area contributed by atoms with Crippen molar-refractivity contribution in [3.63, 3.8) is 0 Å². The number of aliphatic imine (C=N–C) groups is 1. The molecule has 0 radical (unpaired) electrons. The number of hydrogen-bond acceptors (Lipinski definition) is 7. The molecule has 0 bridgehead atoms. The minimum Gasteiger partial charge on any atom is -0.370 e. The molecule has 0 saturated carbocycles. The van der Waals surface area contributed by atoms with Crippen molar-refractivity contribution in [3.8, 4) is 0 Å². The molecule has 0 fully saturated rings. The highest BCUT2D eigenvalue weighted by molar-refractivity contribution is 6.30. The summed E-state index contributed by atoms with van der Waals surface area (Å²) in [6, 6.07) is 9.44. The van der Waals surface area contributed by atoms with E-state index in [2.05, 4.69) is 20.9 Å². The van der Waals surface area contributed by atoms with Gasteiger partial charge < -0.3 is 43.8 Å². The summed E-state index contributed by atoms with van der Waals surface area (Å²) in [5, 5.41) is 8.31. The van der Waals surface area contributed by atoms with Crippen LogP contribution in [-0.4, -0.2) is 77.0 Å². The number of guanidine groups is 1. The molecule has 15 nitrogen and oxygen atoms in total. The van der Waals surface area contributed by atoms with Gasteiger partial charge in [0.2, 0.25) is 35.4 Å². The van der Waals surface area contributed by atoms with Gasteiger partial charge in [0.15, 0.2) is 5.96 Å². The first-order valence-electron chi connectivity index (χ1n) is 15.4. The van der Waals surface area contributed by atoms with Crippen LogP contribution < -0.4 is 38.9 Å². The van der Waals surface area contributed by atoms with E-state index >= 15 is 0 Å². The molecule has 0 saturated heterocycles. The van der Waals surface area contributed by atoms with Crippen LogP contribution >= 0.6 is 11.6 Å². The van der Waals surface area contributed by atoms with Crippen LogP contribution in [0.3, 0.4) is 0 Å². The number of carbonyl (C=O) groups excluding carboxylic acids is 6. The summed E-state index contributed by atoms with van der Waals surface area (Å²) >= 11 is 6.06. The van der Waals surface area contributed by atoms with Crippen LogP contribution in [0.1, 0.15) is 49.3 Å². The third-order valence-corrected chi connectivity index (χ3v) is 8.03. The Kier molecular flexibility index (Phi) is 13.7. The molecule has 3 rings (SSSR count). The highest BCUT2D eigenvalue weighted by Gasteiger charge is 2.38. The van der Waals surface area contributed by atoms with Gasteiger partial charge in [-0.25, -0.2) is 0 Å². The molecule has 2 aromatic rings. The zero-order valence-corrected chi connectivity index (χ0v) is 27.4. The largest absolute Gasteiger partial charge is 0.370 e. The lowest BCUT2D eigenvalue weighted by atomic mass is 9.92. The number of amides is 6. The van der Waals surface area contributed by atoms with Crippen molar-refractivity contribution in [2.24, 2.45) is 27.9 Å². The van der Waals surface area contributed by atoms with Crippen molar-refractivity contribution < 1.29 is 28.8 Å². The number of nitrogens with two attached hydrogens (primary N) is 4. The smallest absolute Gasteiger partial charge is 0.246 e. The molecule has 16 heteroatoms. The number of nitrogens with zero attached hydrogens (tertiary/aromatic N) is 2. The Morgan fingerprint density at radius 3 is 2.04 bits per heavy atom. The fourth-order valence-electron chi connectivity index (χ4n) is 5.38. The van der Waals surface area contributed by atoms with Gasteiger partial charge in [0.25, 0.3) is 0 Å². The molecule has 48 heavy (non-hydrogen) atoms. The van der Waals surface area contributed by atoms with Crippen molar-refractivity contribution in [2.45, 2.75) is 76.2 Å². The van der Waals surface area contributed by atoms with Crippen molar-refractivity contribution in [1.82, 2.24) is 20.9 Å². The molecule has 2 aromatic carbocycles. The Labute approximate surface area is 283 Å². The molecular weight excluding hydrogens is 642 g/mol. The van der Waals surface area contributed by atoms with Crippen LogP contribution in [-0.2, 0) is 48.2 Å². The van der Waals surface area contributed by atoms with Crippen molar-refractivity contribution >= 4 is 53.0 Å². The monoisotopic (exact) mass is 683 g/mol. The third-order valence-electron chi connectivity index (χ3n) is 7.78. The predicted molar refractivity (Wildman–Crippen MR) is 179 cm³/mol. The summed E-state index contributed by atoms with van der Waals surface area (Å²) < 4.78 is 0. The molecule has 11 N–H and O–H groups in total. The average molecular weight is 684 g/mol. The maximum absolute atomic E-state index is 14.2. The maximum atomic E-state index is 14.2. The molecule has 1 heterocycles. The molecule has 0 unspecified atom stereocenters. The number of carbonyl (C=O) groups is 6. The standard InChI is InChI=1S/C32H42ClN9O6/c1-18(43)39-23(7-4-14-38-32(36)37)29(46)40-24(12-13-27(34)44)30(47)41-25(15-19-8-10-22(33)11-9-19)31(48)42-17-21-6-3-2-5-20(21)16-26(42)28(35)45/h2-3,5-6,8-11,23-26H,4,7,12-17H2,1H3,(H2,34,44)(H2,35,45)(H,39,43)(H,40,46)(H,41,47)(H4,36,37,38)/t23-,24-,25+,26-/m0/s1. The summed E-state index contributed by atoms with van der Waals surface area (Å²) in [7, 11) is 0. The van der Waals surface area contributed by atoms with E-state index in [1.54, 1.807) is 24.3 Å². The average Bonchev–Trinajstić information content (AvgIpc) is 3.03. The number of benzene rings is 2. The molecule has 1 aliphatic rings. The van der Waals surface area contributed by atoms with Gasteiger partial charge in [-0.2, -0.15) is 0 Å². The highest BCUT2D eigenvalue weighted by Crippen LogP contribution is 2.25. The Hall–Kier alpha value is -5.18. The zero-order chi connectivity index (χ0) is 35.4. The fourth-order valence-corrected chi connectivity index (χ4v) is 5.51. The summed E-state index contributed by atoms with van der Waals surface area (Å²) in [4.78, 5) is 82.7. The Balaban J connectivity index is 1.90. The fraction of sp³-hybridized carbons (Fsp3) is 0.406. The molecule has 258 valence electrons. The van der Waals surface area contributed by atoms with Gasteiger partial charge in [0, 0.05) is 44.3 Å². The summed E-state index contributed by atoms with van der Waals surface area (Å²) in [6.45, 7) is 1.51. The van der Waals surface area contributed by atoms with E-state index in [-0.39, 0.29) is 51.2 Å². The van der Waals surface area contributed by atoms with Crippen LogP contribution in [0, 0.1) is 0 Å². The quantitative estimate of drug-likeness (QED) is 0.0662. The lowest BCUT2D eigenvalue weighted by molar-refractivity contribution is -0.144. The first kappa shape index (κ1) is 37.3. The third kappa shape index (κ3) is 11.3. The Bertz CT molecular complexity index is 1530. The van der Waals surface area contributed by atoms with Gasteiger partial charge in [-0.3, -0.25) is 33.8 Å². The first-order valence-corrected chi connectivity index (χ1v) is 15.8. The van der Waals surface area contributed by atoms with E-state index in [4.69, 9.17) is 34.5 Å². The summed E-state index contributed by atoms with van der Waals surface area (Å²) in [5.74, 6) is -4.11. The molecule has 6 amide bonds. The van der Waals surface area contributed by atoms with Gasteiger partial charge >= 0.3 is 0 Å². The number of nitrogens with one attached hydrogen (secondary N) is 3. The lowest BCUT2D eigenvalue weighted by Gasteiger charge is -2.37. The van der Waals surface area contributed by atoms with E-state index in [9.17, 15) is 28.8 Å². The van der Waals surface area contributed by atoms with Crippen LogP contribution in [0.25, 0.3) is 0 Å². The van der Waals surface area contributed by atoms with E-state index < -0.39 is 59.6 Å². The normalized spacial score (nSPS) is 15.5. The number of primary amides is 2. The highest BCUT2D eigenvalue weighted by atomic mass is 35.5. The minimum atomic E-state index is -1.33. The number of hydrogen-bond donors (Lipinski definition) is 7. The molecule has 1 aliphatic heterocycles. The Morgan fingerprint density at radius 1 is 0.854 bits per heavy atom. The lowest BCUT2D eigenvalue weighted by Crippen LogP contribution is -2.60. The summed E-state index contributed by atoms with van der Waals surface area (Å²) in [6.07, 6.45) is 0.193. The van der Waals surface area contributed by atoms with E-state index in [0.717, 1.165) is 11.1 Å². The minimum absolute atomic E-state index is 0.00116. The SMILES string of the molecule is CC(=O)N[C@@H](CCCN=C(N)N)C(=O)N[C@@H](CCC(N)=O)C(=O)N[C@H](Cc1ccc(Cl)cc1)C(=O)N1Cc2ccccc2C[C@H]1C(N)=O. The second-order valence-corrected chi connectivity index (χ2v) is 12.0. The molecule has 0 spiro atoms. The van der Waals surface area contributed by atoms with Crippen LogP contribution in [0.4, 0.5) is 0 Å². The van der Waals surface area contributed by atoms with Gasteiger partial charge in [-0.05, 0) is 48.1 Å². The van der Waals surface area contributed by atoms with Gasteiger partial charge in [-0.1, -0.05) is 48.0 Å². The van der Waals surface area contributed by atoms with E-state index in [1.807, 2.05) is 24.3 Å². The second-order valence-electron chi connectivity index (χ2n) is 11.5. The molecular formula is C32H42ClN9O6. The maximum Gasteiger partial charge on any atom is 0.246 e. The topological polar surface area (TPSA) is 258 Å². The van der Waals surface area contributed by atoms with Crippen molar-refractivity contribution in [3.05, 3.63) is 70.2 Å². The van der Waals surface area contributed by atoms with Crippen LogP contribution in [0.5, 0.6) is 0 Å². The van der Waals surface area contributed by atoms with E-state index in [1.165, 1.54) is 11.8 Å². The number of halogens is 1. The van der Waals surface area contributed by atoms with Crippen LogP contribution in [0.2, 0.25) is 5.02 Å². The van der Waals surface area contributed by atoms with Crippen molar-refractivity contribution in [1.29, 1.82) is 0 Å². The van der Waals surface area contributed by atoms with Crippen LogP contribution in [0.15, 0.2) is 53.5 Å². The Morgan fingerprint density at radius 2 is 1.46 bits per heavy atom. The van der Waals surface area contributed by atoms with Gasteiger partial charge in [0.1, 0.15) is 24.2 Å². The predicted octanol–water partition coefficient (Wildman–Crippen LogP) is -0.885. The summed E-state index contributed by atoms with van der Waals surface area (Å²) in [5.41, 5.74) is 24.2. The first-order chi connectivity index (χ1) is 22.7. The number of fused-ring (bicyclic) bond motifs is 1. The van der Waals surface area contributed by atoms with Gasteiger partial charge in [-0.15, -0.1) is 0 Å². The molecule has 0 aromatic heterocycles.